The van der Waals surface area contributed by atoms with E-state index in [4.69, 9.17) is 4.74 Å². The second-order valence-corrected chi connectivity index (χ2v) is 7.68. The number of ether oxygens (including phenoxy) is 1. The molecule has 2 aromatic carbocycles. The van der Waals surface area contributed by atoms with Gasteiger partial charge in [-0.1, -0.05) is 11.8 Å². The molecule has 1 amide bonds. The molecule has 35 heavy (non-hydrogen) atoms. The Hall–Kier alpha value is -4.27. The fraction of sp³-hybridized carbons (Fsp3) is 0.150. The lowest BCUT2D eigenvalue weighted by Gasteiger charge is -2.11. The van der Waals surface area contributed by atoms with Crippen molar-refractivity contribution in [1.82, 2.24) is 9.97 Å². The number of carbonyl (C=O) groups excluding carboxylic acids is 1. The Morgan fingerprint density at radius 2 is 1.63 bits per heavy atom. The standard InChI is InChI=1S/C20H14F3N5O6S/c1-34-15-4-2-11(3-5-15)16-9-17(20(21,22)23)26-19(25-16)35-10-18(29)24-12-6-13(27(30)31)8-14(7-12)28(32)33/h2-9H,10H2,1H3,(H,24,29). The number of nitrogens with one attached hydrogen (secondary N) is 1. The van der Waals surface area contributed by atoms with Crippen LogP contribution in [0, 0.1) is 20.2 Å². The highest BCUT2D eigenvalue weighted by atomic mass is 32.2. The van der Waals surface area contributed by atoms with Gasteiger partial charge in [-0.3, -0.25) is 25.0 Å². The summed E-state index contributed by atoms with van der Waals surface area (Å²) in [5.74, 6) is -0.775. The van der Waals surface area contributed by atoms with Crippen LogP contribution < -0.4 is 10.1 Å². The molecule has 182 valence electrons. The number of benzene rings is 2. The summed E-state index contributed by atoms with van der Waals surface area (Å²) in [5, 5.41) is 23.9. The van der Waals surface area contributed by atoms with Gasteiger partial charge in [0.2, 0.25) is 5.91 Å². The molecule has 0 fully saturated rings. The number of alkyl halides is 3. The normalized spacial score (nSPS) is 11.1. The SMILES string of the molecule is COc1ccc(-c2cc(C(F)(F)F)nc(SCC(=O)Nc3cc([N+](=O)[O-])cc([N+](=O)[O-])c3)n2)cc1. The maximum Gasteiger partial charge on any atom is 0.433 e. The molecule has 0 atom stereocenters. The summed E-state index contributed by atoms with van der Waals surface area (Å²) in [4.78, 5) is 40.0. The van der Waals surface area contributed by atoms with Crippen LogP contribution in [0.2, 0.25) is 0 Å². The number of hydrogen-bond donors (Lipinski definition) is 1. The van der Waals surface area contributed by atoms with Crippen molar-refractivity contribution in [3.05, 3.63) is 74.5 Å². The fourth-order valence-corrected chi connectivity index (χ4v) is 3.41. The zero-order chi connectivity index (χ0) is 25.8. The lowest BCUT2D eigenvalue weighted by atomic mass is 10.1. The molecule has 1 heterocycles. The Balaban J connectivity index is 1.81. The molecule has 0 aliphatic rings. The van der Waals surface area contributed by atoms with E-state index in [0.29, 0.717) is 23.1 Å². The van der Waals surface area contributed by atoms with E-state index in [0.717, 1.165) is 24.3 Å². The summed E-state index contributed by atoms with van der Waals surface area (Å²) in [5.41, 5.74) is -2.35. The molecule has 0 radical (unpaired) electrons. The van der Waals surface area contributed by atoms with Gasteiger partial charge in [-0.15, -0.1) is 0 Å². The first-order valence-corrected chi connectivity index (χ1v) is 10.4. The minimum atomic E-state index is -4.77. The number of aromatic nitrogens is 2. The van der Waals surface area contributed by atoms with Crippen molar-refractivity contribution < 1.29 is 32.5 Å². The van der Waals surface area contributed by atoms with Crippen molar-refractivity contribution in [1.29, 1.82) is 0 Å². The third-order valence-electron chi connectivity index (χ3n) is 4.32. The van der Waals surface area contributed by atoms with Crippen molar-refractivity contribution >= 4 is 34.7 Å². The summed E-state index contributed by atoms with van der Waals surface area (Å²) < 4.78 is 45.1. The number of carbonyl (C=O) groups is 1. The van der Waals surface area contributed by atoms with Gasteiger partial charge in [0.1, 0.15) is 11.4 Å². The highest BCUT2D eigenvalue weighted by Gasteiger charge is 2.34. The first-order chi connectivity index (χ1) is 16.5. The molecule has 3 rings (SSSR count). The smallest absolute Gasteiger partial charge is 0.433 e. The lowest BCUT2D eigenvalue weighted by molar-refractivity contribution is -0.394. The van der Waals surface area contributed by atoms with Crippen LogP contribution in [0.15, 0.2) is 53.7 Å². The summed E-state index contributed by atoms with van der Waals surface area (Å²) >= 11 is 0.589. The zero-order valence-electron chi connectivity index (χ0n) is 17.6. The van der Waals surface area contributed by atoms with Gasteiger partial charge < -0.3 is 10.1 Å². The summed E-state index contributed by atoms with van der Waals surface area (Å²) in [6.07, 6.45) is -4.77. The van der Waals surface area contributed by atoms with Gasteiger partial charge in [-0.25, -0.2) is 9.97 Å². The van der Waals surface area contributed by atoms with Gasteiger partial charge in [0.15, 0.2) is 5.16 Å². The molecule has 0 bridgehead atoms. The predicted molar refractivity (Wildman–Crippen MR) is 118 cm³/mol. The number of anilines is 1. The molecule has 0 aliphatic carbocycles. The number of rotatable bonds is 8. The molecule has 11 nitrogen and oxygen atoms in total. The van der Waals surface area contributed by atoms with Crippen molar-refractivity contribution in [3.8, 4) is 17.0 Å². The van der Waals surface area contributed by atoms with E-state index in [2.05, 4.69) is 15.3 Å². The number of hydrogen-bond acceptors (Lipinski definition) is 9. The maximum absolute atomic E-state index is 13.4. The third-order valence-corrected chi connectivity index (χ3v) is 5.17. The van der Waals surface area contributed by atoms with Crippen molar-refractivity contribution in [2.45, 2.75) is 11.3 Å². The molecule has 1 N–H and O–H groups in total. The van der Waals surface area contributed by atoms with E-state index in [-0.39, 0.29) is 16.5 Å². The first kappa shape index (κ1) is 25.4. The fourth-order valence-electron chi connectivity index (χ4n) is 2.75. The molecule has 15 heteroatoms. The van der Waals surface area contributed by atoms with Crippen LogP contribution in [-0.4, -0.2) is 38.6 Å². The number of nitro groups is 2. The van der Waals surface area contributed by atoms with Gasteiger partial charge in [-0.05, 0) is 30.3 Å². The predicted octanol–water partition coefficient (Wildman–Crippen LogP) is 4.72. The molecule has 0 spiro atoms. The average Bonchev–Trinajstić information content (AvgIpc) is 2.81. The van der Waals surface area contributed by atoms with E-state index in [1.165, 1.54) is 19.2 Å². The van der Waals surface area contributed by atoms with Gasteiger partial charge in [0.25, 0.3) is 11.4 Å². The second kappa shape index (κ2) is 10.3. The van der Waals surface area contributed by atoms with E-state index in [1.807, 2.05) is 0 Å². The monoisotopic (exact) mass is 509 g/mol. The van der Waals surface area contributed by atoms with Gasteiger partial charge in [-0.2, -0.15) is 13.2 Å². The Morgan fingerprint density at radius 1 is 1.03 bits per heavy atom. The van der Waals surface area contributed by atoms with Crippen molar-refractivity contribution in [2.24, 2.45) is 0 Å². The largest absolute Gasteiger partial charge is 0.497 e. The number of halogens is 3. The summed E-state index contributed by atoms with van der Waals surface area (Å²) in [6.45, 7) is 0. The van der Waals surface area contributed by atoms with E-state index in [1.54, 1.807) is 12.1 Å². The molecular formula is C20H14F3N5O6S. The zero-order valence-corrected chi connectivity index (χ0v) is 18.4. The number of nitro benzene ring substituents is 2. The number of amides is 1. The maximum atomic E-state index is 13.4. The highest BCUT2D eigenvalue weighted by molar-refractivity contribution is 7.99. The first-order valence-electron chi connectivity index (χ1n) is 9.43. The summed E-state index contributed by atoms with van der Waals surface area (Å²) in [6, 6.07) is 9.44. The van der Waals surface area contributed by atoms with Crippen LogP contribution in [0.5, 0.6) is 5.75 Å². The second-order valence-electron chi connectivity index (χ2n) is 6.74. The van der Waals surface area contributed by atoms with Crippen LogP contribution in [0.25, 0.3) is 11.3 Å². The molecule has 3 aromatic rings. The molecular weight excluding hydrogens is 495 g/mol. The van der Waals surface area contributed by atoms with Gasteiger partial charge in [0.05, 0.1) is 40.2 Å². The Morgan fingerprint density at radius 3 is 2.14 bits per heavy atom. The Labute approximate surface area is 198 Å². The van der Waals surface area contributed by atoms with Gasteiger partial charge >= 0.3 is 6.18 Å². The van der Waals surface area contributed by atoms with Gasteiger partial charge in [0, 0.05) is 17.7 Å². The van der Waals surface area contributed by atoms with Crippen LogP contribution >= 0.6 is 11.8 Å². The molecule has 0 saturated carbocycles. The number of non-ortho nitro benzene ring substituents is 2. The van der Waals surface area contributed by atoms with Crippen LogP contribution in [0.3, 0.4) is 0 Å². The molecule has 0 aliphatic heterocycles. The van der Waals surface area contributed by atoms with Crippen LogP contribution in [-0.2, 0) is 11.0 Å². The Bertz CT molecular complexity index is 1250. The van der Waals surface area contributed by atoms with Crippen molar-refractivity contribution in [2.75, 3.05) is 18.2 Å². The topological polar surface area (TPSA) is 150 Å². The van der Waals surface area contributed by atoms with Crippen LogP contribution in [0.4, 0.5) is 30.2 Å². The molecule has 0 unspecified atom stereocenters. The van der Waals surface area contributed by atoms with E-state index >= 15 is 0 Å². The number of methoxy groups -OCH3 is 1. The van der Waals surface area contributed by atoms with E-state index in [9.17, 15) is 38.2 Å². The average molecular weight is 509 g/mol. The van der Waals surface area contributed by atoms with Crippen molar-refractivity contribution in [3.63, 3.8) is 0 Å². The number of thioether (sulfide) groups is 1. The quantitative estimate of drug-likeness (QED) is 0.197. The number of nitrogens with zero attached hydrogens (tertiary/aromatic N) is 4. The minimum Gasteiger partial charge on any atom is -0.497 e. The highest BCUT2D eigenvalue weighted by Crippen LogP contribution is 2.32. The lowest BCUT2D eigenvalue weighted by Crippen LogP contribution is -2.15. The van der Waals surface area contributed by atoms with Crippen LogP contribution in [0.1, 0.15) is 5.69 Å². The molecule has 0 saturated heterocycles. The van der Waals surface area contributed by atoms with E-state index < -0.39 is 44.8 Å². The Kier molecular flexibility index (Phi) is 7.49. The molecule has 1 aromatic heterocycles. The summed E-state index contributed by atoms with van der Waals surface area (Å²) in [7, 11) is 1.44. The minimum absolute atomic E-state index is 0.0350. The third kappa shape index (κ3) is 6.63.